The van der Waals surface area contributed by atoms with E-state index in [0.717, 1.165) is 71.8 Å². The van der Waals surface area contributed by atoms with E-state index in [-0.39, 0.29) is 52.8 Å². The monoisotopic (exact) mass is 1700 g/mol. The maximum Gasteiger partial charge on any atom is 0.334 e. The zero-order chi connectivity index (χ0) is 86.6. The minimum Gasteiger partial charge on any atom is -0.508 e. The lowest BCUT2D eigenvalue weighted by molar-refractivity contribution is -0.334. The van der Waals surface area contributed by atoms with Gasteiger partial charge in [-0.15, -0.1) is 0 Å². The molecule has 2 fully saturated rings. The molecule has 638 valence electrons. The Morgan fingerprint density at radius 2 is 1.33 bits per heavy atom. The number of aliphatic carboxylic acids is 2. The quantitative estimate of drug-likeness (QED) is 0.0365. The Balaban J connectivity index is 1.01. The first-order valence-electron chi connectivity index (χ1n) is 38.7. The number of carbonyl (C=O) groups is 9. The molecular weight excluding hydrogens is 1610 g/mol. The summed E-state index contributed by atoms with van der Waals surface area (Å²) in [5, 5.41) is 140. The number of halogens is 2. The number of rotatable bonds is 21. The smallest absolute Gasteiger partial charge is 0.334 e. The van der Waals surface area contributed by atoms with Crippen LogP contribution in [0.4, 0.5) is 0 Å². The number of ketones is 2. The fraction of sp³-hybridized carbons (Fsp3) is 0.400. The number of aliphatic hydroxyl groups excluding tert-OH is 6. The third-order valence-corrected chi connectivity index (χ3v) is 22.6. The molecule has 11 bridgehead atoms. The summed E-state index contributed by atoms with van der Waals surface area (Å²) in [5.74, 6) is -20.9. The highest BCUT2D eigenvalue weighted by Crippen LogP contribution is 2.51. The molecule has 7 aromatic rings. The van der Waals surface area contributed by atoms with Crippen LogP contribution in [0.1, 0.15) is 137 Å². The number of primary amides is 1. The largest absolute Gasteiger partial charge is 0.508 e. The number of carbonyl (C=O) groups excluding carboxylic acids is 7. The fourth-order valence-corrected chi connectivity index (χ4v) is 16.0. The van der Waals surface area contributed by atoms with E-state index in [4.69, 9.17) is 62.1 Å². The van der Waals surface area contributed by atoms with Crippen molar-refractivity contribution in [1.29, 1.82) is 0 Å². The summed E-state index contributed by atoms with van der Waals surface area (Å²) in [5.41, 5.74) is 4.27. The van der Waals surface area contributed by atoms with Gasteiger partial charge in [0.2, 0.25) is 41.6 Å². The number of carboxylic acids is 2. The molecule has 19 atom stereocenters. The first kappa shape index (κ1) is 88.4. The van der Waals surface area contributed by atoms with E-state index in [1.54, 1.807) is 26.0 Å². The van der Waals surface area contributed by atoms with Crippen molar-refractivity contribution in [3.63, 3.8) is 0 Å². The zero-order valence-electron chi connectivity index (χ0n) is 65.3. The third kappa shape index (κ3) is 19.6. The van der Waals surface area contributed by atoms with Gasteiger partial charge in [0.25, 0.3) is 0 Å². The van der Waals surface area contributed by atoms with Crippen molar-refractivity contribution >= 4 is 76.2 Å². The third-order valence-electron chi connectivity index (χ3n) is 22.1. The number of fused-ring (bicyclic) bond motifs is 15. The molecule has 7 aliphatic rings. The maximum atomic E-state index is 16.4. The van der Waals surface area contributed by atoms with Gasteiger partial charge >= 0.3 is 11.9 Å². The van der Waals surface area contributed by atoms with Gasteiger partial charge in [0.05, 0.1) is 47.3 Å². The van der Waals surface area contributed by atoms with Crippen LogP contribution in [-0.2, 0) is 68.7 Å². The second kappa shape index (κ2) is 37.4. The lowest BCUT2D eigenvalue weighted by atomic mass is 9.84. The Bertz CT molecular complexity index is 5040. The molecule has 0 saturated carbocycles. The van der Waals surface area contributed by atoms with Crippen molar-refractivity contribution in [1.82, 2.24) is 26.6 Å². The summed E-state index contributed by atoms with van der Waals surface area (Å²) in [7, 11) is 0. The van der Waals surface area contributed by atoms with Gasteiger partial charge in [-0.2, -0.15) is 0 Å². The molecule has 0 aliphatic carbocycles. The number of ether oxygens (including phenoxy) is 7. The van der Waals surface area contributed by atoms with E-state index in [9.17, 15) is 80.1 Å². The van der Waals surface area contributed by atoms with Gasteiger partial charge in [-0.25, -0.2) is 9.59 Å². The summed E-state index contributed by atoms with van der Waals surface area (Å²) in [6, 6.07) is 22.2. The van der Waals surface area contributed by atoms with Crippen molar-refractivity contribution < 1.29 is 132 Å². The Hall–Kier alpha value is -10.9. The number of hydrogen-bond acceptors (Lipinski definition) is 26. The molecule has 2 saturated heterocycles. The number of aromatic hydroxyl groups is 3. The van der Waals surface area contributed by atoms with Crippen LogP contribution in [0.2, 0.25) is 10.0 Å². The molecule has 7 aromatic carbocycles. The zero-order valence-corrected chi connectivity index (χ0v) is 66.8. The molecule has 33 nitrogen and oxygen atoms in total. The Labute approximate surface area is 696 Å². The van der Waals surface area contributed by atoms with Crippen molar-refractivity contribution in [3.8, 4) is 68.2 Å². The number of carboxylic acid groups (broad SMARTS) is 2. The number of hydrogen-bond donors (Lipinski definition) is 17. The van der Waals surface area contributed by atoms with Crippen molar-refractivity contribution in [3.05, 3.63) is 177 Å². The van der Waals surface area contributed by atoms with Crippen LogP contribution in [0.15, 0.2) is 133 Å². The summed E-state index contributed by atoms with van der Waals surface area (Å²) in [6.07, 6.45) is -22.7. The van der Waals surface area contributed by atoms with Gasteiger partial charge in [0, 0.05) is 66.4 Å². The van der Waals surface area contributed by atoms with Crippen molar-refractivity contribution in [2.24, 2.45) is 23.5 Å². The Kier molecular flexibility index (Phi) is 27.5. The summed E-state index contributed by atoms with van der Waals surface area (Å²) >= 11 is 14.3. The highest BCUT2D eigenvalue weighted by Gasteiger charge is 2.53. The second-order valence-corrected chi connectivity index (χ2v) is 31.9. The van der Waals surface area contributed by atoms with E-state index in [1.807, 2.05) is 56.3 Å². The van der Waals surface area contributed by atoms with Crippen LogP contribution in [0.25, 0.3) is 22.3 Å². The SMILES string of the molecule is CC[C@H](CC(C)C)C(=O)NC1C(=O)C[C@@H](CC(N)=O)C(=O)N[C@H]2C(=O)CC3C(=O)N[C@H](C(=O)N[C@@H](C(=O)O)c4cc(O)cc(O)c4-c4cc3ccc4O)[C@H](O)c3ccc(c(Cl)c3)Oc3cc2cc(c3OC2OC(CO)C(O)C(O)C2OC2CC(C)(NCC(OCc3ccc(-c4ccccc4)cc3)C(=O)O)C(O)C(C)O2)Oc2ccc(cc2Cl)[C@H]1O. The van der Waals surface area contributed by atoms with Gasteiger partial charge in [-0.1, -0.05) is 117 Å². The molecule has 5 amide bonds. The number of phenolic OH excluding ortho intramolecular Hbond substituents is 3. The highest BCUT2D eigenvalue weighted by molar-refractivity contribution is 6.32. The molecule has 0 radical (unpaired) electrons. The minimum atomic E-state index is -2.28. The Morgan fingerprint density at radius 3 is 1.94 bits per heavy atom. The molecule has 120 heavy (non-hydrogen) atoms. The fourth-order valence-electron chi connectivity index (χ4n) is 15.5. The van der Waals surface area contributed by atoms with Crippen molar-refractivity contribution in [2.45, 2.75) is 183 Å². The number of amides is 5. The van der Waals surface area contributed by atoms with Gasteiger partial charge in [0.1, 0.15) is 77.4 Å². The summed E-state index contributed by atoms with van der Waals surface area (Å²) < 4.78 is 45.3. The average molecular weight is 1700 g/mol. The van der Waals surface area contributed by atoms with Crippen molar-refractivity contribution in [2.75, 3.05) is 13.2 Å². The molecule has 7 aliphatic heterocycles. The van der Waals surface area contributed by atoms with Gasteiger partial charge in [0.15, 0.2) is 47.6 Å². The summed E-state index contributed by atoms with van der Waals surface area (Å²) in [6.45, 7) is 6.93. The predicted molar refractivity (Wildman–Crippen MR) is 425 cm³/mol. The number of Topliss-reactive ketones (excluding diaryl/α,β-unsaturated/α-hetero) is 2. The van der Waals surface area contributed by atoms with E-state index in [1.165, 1.54) is 25.1 Å². The van der Waals surface area contributed by atoms with E-state index < -0.39 is 268 Å². The van der Waals surface area contributed by atoms with Gasteiger partial charge < -0.3 is 122 Å². The Morgan fingerprint density at radius 1 is 0.692 bits per heavy atom. The van der Waals surface area contributed by atoms with Gasteiger partial charge in [-0.05, 0) is 126 Å². The van der Waals surface area contributed by atoms with E-state index in [2.05, 4.69) is 26.6 Å². The predicted octanol–water partition coefficient (Wildman–Crippen LogP) is 6.49. The molecule has 18 N–H and O–H groups in total. The number of nitrogens with two attached hydrogens (primary N) is 1. The maximum absolute atomic E-state index is 16.4. The van der Waals surface area contributed by atoms with Crippen LogP contribution in [0, 0.1) is 17.8 Å². The normalized spacial score (nSPS) is 27.0. The molecule has 35 heteroatoms. The van der Waals surface area contributed by atoms with E-state index in [0.29, 0.717) is 12.0 Å². The standard InChI is InChI=1S/C85H92Cl2N6O27/c1-6-40(22-37(2)3)78(106)92-69-56(98)26-47(29-64(88)100)79(107)90-67-46-27-60(116-58-20-17-44(71(69)101)24-52(58)86)75(120-84-76(74(104)73(103)63(35-94)118-84)119-65-33-85(5,77(105)38(4)115-65)89-34-62(82(110)111)114-36-39-12-14-42(15-13-39)41-10-8-7-9-11-41)61(28-46)117-59-21-18-45(25-53(59)87)72(102)70-81(109)91-68(83(112)113)51-30-48(95)31-55(97)66(51)50-23-43(16-19-54(50)96)49(32-57(67)99)80(108)93-70/h7-21,23-25,27-28,30-31,37-38,40,47,49,62-63,65,67-74,76-77,84,89,94-97,101-105H,6,22,26,29,32-36H2,1-5H3,(H2,88,100)(H,90,107)(H,91,109)(H,92,106)(H,93,108)(H,110,111)(H,112,113)/t38?,40-,47+,49?,62?,63?,65?,67-,68-,69?,70+,71-,72-,73?,74?,76?,77?,84?,85?/m1/s1. The molecule has 14 rings (SSSR count). The minimum absolute atomic E-state index is 0.0386. The number of phenols is 3. The first-order valence-corrected chi connectivity index (χ1v) is 39.4. The molecular formula is C85H92Cl2N6O27. The molecule has 0 spiro atoms. The summed E-state index contributed by atoms with van der Waals surface area (Å²) in [4.78, 5) is 132. The van der Waals surface area contributed by atoms with Crippen LogP contribution in [-0.4, -0.2) is 195 Å². The van der Waals surface area contributed by atoms with Crippen LogP contribution in [0.3, 0.4) is 0 Å². The van der Waals surface area contributed by atoms with Gasteiger partial charge in [-0.3, -0.25) is 33.6 Å². The highest BCUT2D eigenvalue weighted by atomic mass is 35.5. The number of benzene rings is 7. The topological polar surface area (TPSA) is 527 Å². The van der Waals surface area contributed by atoms with Crippen LogP contribution in [0.5, 0.6) is 46.0 Å². The molecule has 7 heterocycles. The van der Waals surface area contributed by atoms with Crippen LogP contribution < -0.4 is 46.5 Å². The second-order valence-electron chi connectivity index (χ2n) is 31.1. The first-order chi connectivity index (χ1) is 57.0. The lowest BCUT2D eigenvalue weighted by Crippen LogP contribution is -2.66. The average Bonchev–Trinajstić information content (AvgIpc) is 0.768. The number of nitrogens with one attached hydrogen (secondary N) is 5. The van der Waals surface area contributed by atoms with Crippen LogP contribution >= 0.6 is 23.2 Å². The molecule has 12 unspecified atom stereocenters. The molecule has 0 aromatic heterocycles. The lowest BCUT2D eigenvalue weighted by Gasteiger charge is -2.48. The van der Waals surface area contributed by atoms with E-state index >= 15 is 19.2 Å². The number of aliphatic hydroxyl groups is 6.